The molecule has 0 aromatic heterocycles. The van der Waals surface area contributed by atoms with Crippen LogP contribution in [0.5, 0.6) is 5.75 Å². The van der Waals surface area contributed by atoms with E-state index in [2.05, 4.69) is 5.32 Å². The summed E-state index contributed by atoms with van der Waals surface area (Å²) >= 11 is 0. The van der Waals surface area contributed by atoms with Crippen molar-refractivity contribution in [1.29, 1.82) is 0 Å². The Hall–Kier alpha value is -2.68. The maximum Gasteiger partial charge on any atom is 0.318 e. The highest BCUT2D eigenvalue weighted by Gasteiger charge is 2.19. The third-order valence-corrected chi connectivity index (χ3v) is 2.54. The van der Waals surface area contributed by atoms with Crippen LogP contribution in [0.2, 0.25) is 0 Å². The van der Waals surface area contributed by atoms with Gasteiger partial charge in [-0.25, -0.2) is 4.79 Å². The lowest BCUT2D eigenvalue weighted by molar-refractivity contribution is -0.384. The quantitative estimate of drug-likeness (QED) is 0.509. The third kappa shape index (κ3) is 4.73. The molecular formula is C12H16N4O5. The Morgan fingerprint density at radius 3 is 2.67 bits per heavy atom. The smallest absolute Gasteiger partial charge is 0.318 e. The molecule has 1 atom stereocenters. The summed E-state index contributed by atoms with van der Waals surface area (Å²) in [5.74, 6) is -0.390. The molecule has 0 heterocycles. The van der Waals surface area contributed by atoms with Gasteiger partial charge in [0, 0.05) is 24.2 Å². The molecule has 1 unspecified atom stereocenters. The first kappa shape index (κ1) is 16.4. The van der Waals surface area contributed by atoms with Gasteiger partial charge in [-0.3, -0.25) is 20.2 Å². The SMILES string of the molecule is CNCc1cc([N+](=O)[O-])ccc1OC(C)C(=O)NC(N)=O. The van der Waals surface area contributed by atoms with Gasteiger partial charge in [-0.1, -0.05) is 0 Å². The number of nitrogens with two attached hydrogens (primary N) is 1. The van der Waals surface area contributed by atoms with Crippen LogP contribution in [0.3, 0.4) is 0 Å². The Kier molecular flexibility index (Phi) is 5.61. The maximum absolute atomic E-state index is 11.5. The van der Waals surface area contributed by atoms with Gasteiger partial charge in [-0.2, -0.15) is 0 Å². The fraction of sp³-hybridized carbons (Fsp3) is 0.333. The molecule has 9 heteroatoms. The Morgan fingerprint density at radius 1 is 1.48 bits per heavy atom. The number of ether oxygens (including phenoxy) is 1. The van der Waals surface area contributed by atoms with E-state index in [1.54, 1.807) is 7.05 Å². The average Bonchev–Trinajstić information content (AvgIpc) is 2.39. The van der Waals surface area contributed by atoms with E-state index < -0.39 is 23.0 Å². The summed E-state index contributed by atoms with van der Waals surface area (Å²) in [6.45, 7) is 1.75. The van der Waals surface area contributed by atoms with Gasteiger partial charge in [0.2, 0.25) is 0 Å². The van der Waals surface area contributed by atoms with Crippen LogP contribution >= 0.6 is 0 Å². The van der Waals surface area contributed by atoms with Gasteiger partial charge in [0.1, 0.15) is 5.75 Å². The van der Waals surface area contributed by atoms with Crippen molar-refractivity contribution in [3.05, 3.63) is 33.9 Å². The maximum atomic E-state index is 11.5. The summed E-state index contributed by atoms with van der Waals surface area (Å²) in [4.78, 5) is 32.4. The van der Waals surface area contributed by atoms with Crippen molar-refractivity contribution in [3.63, 3.8) is 0 Å². The molecule has 0 aliphatic carbocycles. The number of nitrogens with zero attached hydrogens (tertiary/aromatic N) is 1. The molecule has 3 amide bonds. The number of non-ortho nitro benzene ring substituents is 1. The average molecular weight is 296 g/mol. The van der Waals surface area contributed by atoms with Crippen LogP contribution in [0.4, 0.5) is 10.5 Å². The number of carbonyl (C=O) groups excluding carboxylic acids is 2. The summed E-state index contributed by atoms with van der Waals surface area (Å²) in [5.41, 5.74) is 5.28. The monoisotopic (exact) mass is 296 g/mol. The predicted octanol–water partition coefficient (Wildman–Crippen LogP) is 0.276. The molecule has 0 saturated carbocycles. The fourth-order valence-corrected chi connectivity index (χ4v) is 1.59. The number of urea groups is 1. The minimum absolute atomic E-state index is 0.0816. The van der Waals surface area contributed by atoms with Crippen LogP contribution in [0.15, 0.2) is 18.2 Å². The van der Waals surface area contributed by atoms with Gasteiger partial charge in [0.25, 0.3) is 11.6 Å². The number of primary amides is 1. The highest BCUT2D eigenvalue weighted by atomic mass is 16.6. The van der Waals surface area contributed by atoms with Crippen molar-refractivity contribution in [3.8, 4) is 5.75 Å². The molecule has 114 valence electrons. The molecular weight excluding hydrogens is 280 g/mol. The number of hydrogen-bond acceptors (Lipinski definition) is 6. The molecule has 0 spiro atoms. The van der Waals surface area contributed by atoms with Crippen LogP contribution in [0, 0.1) is 10.1 Å². The highest BCUT2D eigenvalue weighted by Crippen LogP contribution is 2.25. The zero-order chi connectivity index (χ0) is 16.0. The number of imide groups is 1. The lowest BCUT2D eigenvalue weighted by Gasteiger charge is -2.16. The number of nitro benzene ring substituents is 1. The van der Waals surface area contributed by atoms with Gasteiger partial charge in [-0.05, 0) is 20.0 Å². The first-order chi connectivity index (χ1) is 9.85. The molecule has 9 nitrogen and oxygen atoms in total. The Labute approximate surface area is 120 Å². The lowest BCUT2D eigenvalue weighted by atomic mass is 10.1. The number of hydrogen-bond donors (Lipinski definition) is 3. The molecule has 0 aliphatic rings. The molecule has 4 N–H and O–H groups in total. The van der Waals surface area contributed by atoms with Gasteiger partial charge < -0.3 is 15.8 Å². The molecule has 0 saturated heterocycles. The van der Waals surface area contributed by atoms with E-state index in [-0.39, 0.29) is 5.69 Å². The molecule has 0 bridgehead atoms. The number of benzene rings is 1. The van der Waals surface area contributed by atoms with Gasteiger partial charge >= 0.3 is 6.03 Å². The first-order valence-corrected chi connectivity index (χ1v) is 6.04. The molecule has 0 radical (unpaired) electrons. The van der Waals surface area contributed by atoms with Gasteiger partial charge in [0.15, 0.2) is 6.10 Å². The normalized spacial score (nSPS) is 11.5. The second-order valence-corrected chi connectivity index (χ2v) is 4.19. The number of nitro groups is 1. The van der Waals surface area contributed by atoms with Crippen LogP contribution in [0.25, 0.3) is 0 Å². The fourth-order valence-electron chi connectivity index (χ4n) is 1.59. The summed E-state index contributed by atoms with van der Waals surface area (Å²) in [6.07, 6.45) is -0.977. The van der Waals surface area contributed by atoms with Crippen molar-refractivity contribution in [2.45, 2.75) is 19.6 Å². The number of rotatable bonds is 6. The highest BCUT2D eigenvalue weighted by molar-refractivity contribution is 5.95. The third-order valence-electron chi connectivity index (χ3n) is 2.54. The topological polar surface area (TPSA) is 137 Å². The van der Waals surface area contributed by atoms with Crippen LogP contribution < -0.4 is 21.1 Å². The minimum atomic E-state index is -0.977. The van der Waals surface area contributed by atoms with E-state index in [0.717, 1.165) is 0 Å². The van der Waals surface area contributed by atoms with E-state index in [1.807, 2.05) is 5.32 Å². The number of amides is 3. The van der Waals surface area contributed by atoms with E-state index in [9.17, 15) is 19.7 Å². The van der Waals surface area contributed by atoms with E-state index in [4.69, 9.17) is 10.5 Å². The van der Waals surface area contributed by atoms with Crippen molar-refractivity contribution < 1.29 is 19.2 Å². The second kappa shape index (κ2) is 7.20. The van der Waals surface area contributed by atoms with Crippen LogP contribution in [0.1, 0.15) is 12.5 Å². The summed E-state index contributed by atoms with van der Waals surface area (Å²) < 4.78 is 5.41. The van der Waals surface area contributed by atoms with Crippen LogP contribution in [-0.4, -0.2) is 30.0 Å². The Balaban J connectivity index is 2.93. The van der Waals surface area contributed by atoms with Crippen molar-refractivity contribution >= 4 is 17.6 Å². The largest absolute Gasteiger partial charge is 0.481 e. The minimum Gasteiger partial charge on any atom is -0.481 e. The van der Waals surface area contributed by atoms with Crippen LogP contribution in [-0.2, 0) is 11.3 Å². The Bertz CT molecular complexity index is 561. The summed E-state index contributed by atoms with van der Waals surface area (Å²) in [6, 6.07) is 3.05. The molecule has 0 aliphatic heterocycles. The van der Waals surface area contributed by atoms with E-state index in [0.29, 0.717) is 17.9 Å². The van der Waals surface area contributed by atoms with Gasteiger partial charge in [-0.15, -0.1) is 0 Å². The van der Waals surface area contributed by atoms with Crippen molar-refractivity contribution in [1.82, 2.24) is 10.6 Å². The van der Waals surface area contributed by atoms with Crippen molar-refractivity contribution in [2.24, 2.45) is 5.73 Å². The standard InChI is InChI=1S/C12H16N4O5/c1-7(11(17)15-12(13)18)21-10-4-3-9(16(19)20)5-8(10)6-14-2/h3-5,7,14H,6H2,1-2H3,(H3,13,15,17,18). The van der Waals surface area contributed by atoms with E-state index >= 15 is 0 Å². The lowest BCUT2D eigenvalue weighted by Crippen LogP contribution is -2.42. The predicted molar refractivity (Wildman–Crippen MR) is 73.7 cm³/mol. The summed E-state index contributed by atoms with van der Waals surface area (Å²) in [5, 5.41) is 15.5. The van der Waals surface area contributed by atoms with E-state index in [1.165, 1.54) is 25.1 Å². The van der Waals surface area contributed by atoms with Crippen molar-refractivity contribution in [2.75, 3.05) is 7.05 Å². The summed E-state index contributed by atoms with van der Waals surface area (Å²) in [7, 11) is 1.67. The molecule has 0 fully saturated rings. The number of carbonyl (C=O) groups is 2. The molecule has 1 aromatic rings. The zero-order valence-corrected chi connectivity index (χ0v) is 11.6. The first-order valence-electron chi connectivity index (χ1n) is 6.04. The molecule has 21 heavy (non-hydrogen) atoms. The zero-order valence-electron chi connectivity index (χ0n) is 11.6. The number of nitrogens with one attached hydrogen (secondary N) is 2. The molecule has 1 rings (SSSR count). The molecule has 1 aromatic carbocycles. The second-order valence-electron chi connectivity index (χ2n) is 4.19. The van der Waals surface area contributed by atoms with Gasteiger partial charge in [0.05, 0.1) is 4.92 Å². The Morgan fingerprint density at radius 2 is 2.14 bits per heavy atom.